The normalized spacial score (nSPS) is 14.2. The average Bonchev–Trinajstić information content (AvgIpc) is 3.09. The average molecular weight is 573 g/mol. The SMILES string of the molecule is Cc1cc(C)c(N=C2C(=Nc3c(C)cc(C)cc3C)c3cccc4cccc2c34)c(C)c1.[CH3-].[Cl][Pd+]. The number of halogens is 1. The van der Waals surface area contributed by atoms with Gasteiger partial charge in [0, 0.05) is 16.5 Å². The molecule has 1 aliphatic carbocycles. The van der Waals surface area contributed by atoms with E-state index in [9.17, 15) is 0 Å². The van der Waals surface area contributed by atoms with Crippen LogP contribution < -0.4 is 0 Å². The fourth-order valence-electron chi connectivity index (χ4n) is 5.14. The van der Waals surface area contributed by atoms with Gasteiger partial charge in [0.1, 0.15) is 0 Å². The summed E-state index contributed by atoms with van der Waals surface area (Å²) >= 11 is 2.22. The minimum atomic E-state index is 0. The van der Waals surface area contributed by atoms with Crippen molar-refractivity contribution in [1.29, 1.82) is 0 Å². The van der Waals surface area contributed by atoms with Crippen LogP contribution in [0.1, 0.15) is 44.5 Å². The van der Waals surface area contributed by atoms with Crippen molar-refractivity contribution in [3.8, 4) is 0 Å². The maximum atomic E-state index is 5.28. The van der Waals surface area contributed by atoms with E-state index in [1.54, 1.807) is 0 Å². The first-order chi connectivity index (χ1) is 16.3. The van der Waals surface area contributed by atoms with Crippen molar-refractivity contribution in [3.05, 3.63) is 113 Å². The summed E-state index contributed by atoms with van der Waals surface area (Å²) in [6, 6.07) is 21.8. The van der Waals surface area contributed by atoms with Crippen molar-refractivity contribution >= 4 is 43.1 Å². The molecule has 0 N–H and O–H groups in total. The fraction of sp³-hybridized carbons (Fsp3) is 0.194. The molecule has 0 aromatic heterocycles. The second kappa shape index (κ2) is 11.0. The molecule has 2 nitrogen and oxygen atoms in total. The Morgan fingerprint density at radius 1 is 0.571 bits per heavy atom. The Morgan fingerprint density at radius 2 is 0.914 bits per heavy atom. The van der Waals surface area contributed by atoms with Gasteiger partial charge in [-0.3, -0.25) is 0 Å². The predicted molar refractivity (Wildman–Crippen MR) is 150 cm³/mol. The number of aliphatic imine (C=N–C) groups is 2. The molecule has 0 unspecified atom stereocenters. The molecule has 0 bridgehead atoms. The van der Waals surface area contributed by atoms with Crippen LogP contribution in [0.15, 0.2) is 70.6 Å². The maximum absolute atomic E-state index is 5.28. The Kier molecular flexibility index (Phi) is 8.50. The van der Waals surface area contributed by atoms with Crippen molar-refractivity contribution in [2.24, 2.45) is 9.98 Å². The van der Waals surface area contributed by atoms with E-state index in [0.717, 1.165) is 22.8 Å². The summed E-state index contributed by atoms with van der Waals surface area (Å²) in [4.78, 5) is 10.6. The van der Waals surface area contributed by atoms with Gasteiger partial charge in [0.2, 0.25) is 0 Å². The Labute approximate surface area is 224 Å². The van der Waals surface area contributed by atoms with Crippen molar-refractivity contribution < 1.29 is 18.2 Å². The zero-order chi connectivity index (χ0) is 24.6. The summed E-state index contributed by atoms with van der Waals surface area (Å²) in [6.07, 6.45) is 0. The van der Waals surface area contributed by atoms with E-state index in [1.165, 1.54) is 55.3 Å². The number of benzene rings is 4. The van der Waals surface area contributed by atoms with Crippen molar-refractivity contribution in [1.82, 2.24) is 0 Å². The number of hydrogen-bond acceptors (Lipinski definition) is 2. The van der Waals surface area contributed by atoms with Crippen LogP contribution in [0.2, 0.25) is 0 Å². The first kappa shape index (κ1) is 27.0. The topological polar surface area (TPSA) is 24.7 Å². The number of hydrogen-bond donors (Lipinski definition) is 0. The van der Waals surface area contributed by atoms with Crippen LogP contribution >= 0.6 is 9.53 Å². The minimum absolute atomic E-state index is 0. The Balaban J connectivity index is 0.00000111. The molecule has 0 saturated carbocycles. The molecule has 0 heterocycles. The summed E-state index contributed by atoms with van der Waals surface area (Å²) in [7, 11) is 4.49. The van der Waals surface area contributed by atoms with E-state index in [-0.39, 0.29) is 7.43 Å². The molecule has 5 rings (SSSR count). The van der Waals surface area contributed by atoms with Crippen LogP contribution in [0.25, 0.3) is 10.8 Å². The van der Waals surface area contributed by atoms with Crippen LogP contribution in [0.3, 0.4) is 0 Å². The molecule has 4 heteroatoms. The summed E-state index contributed by atoms with van der Waals surface area (Å²) in [5.74, 6) is 0. The van der Waals surface area contributed by atoms with Crippen LogP contribution in [-0.4, -0.2) is 11.4 Å². The zero-order valence-corrected chi connectivity index (χ0v) is 23.7. The molecular weight excluding hydrogens is 542 g/mol. The summed E-state index contributed by atoms with van der Waals surface area (Å²) in [5, 5.41) is 2.48. The van der Waals surface area contributed by atoms with Gasteiger partial charge >= 0.3 is 27.7 Å². The Bertz CT molecular complexity index is 1330. The van der Waals surface area contributed by atoms with Gasteiger partial charge in [-0.2, -0.15) is 0 Å². The zero-order valence-electron chi connectivity index (χ0n) is 21.4. The molecule has 182 valence electrons. The Morgan fingerprint density at radius 3 is 1.26 bits per heavy atom. The quantitative estimate of drug-likeness (QED) is 0.169. The van der Waals surface area contributed by atoms with Gasteiger partial charge in [-0.15, -0.1) is 0 Å². The van der Waals surface area contributed by atoms with Gasteiger partial charge in [-0.05, 0) is 69.2 Å². The van der Waals surface area contributed by atoms with E-state index in [0.29, 0.717) is 0 Å². The summed E-state index contributed by atoms with van der Waals surface area (Å²) < 4.78 is 0. The van der Waals surface area contributed by atoms with Gasteiger partial charge in [0.25, 0.3) is 0 Å². The standard InChI is InChI=1S/C30H28N2.CH3.ClH.Pd/c1-17-13-19(3)27(20(4)14-17)31-29-24-11-7-9-23-10-8-12-25(26(23)24)30(29)32-28-21(5)15-18(2)16-22(28)6;;;/h7-16H,1-6H3;1H3;1H;/q;-1;;+2/p-1. The Hall–Kier alpha value is -2.57. The molecule has 0 radical (unpaired) electrons. The van der Waals surface area contributed by atoms with E-state index in [1.807, 2.05) is 0 Å². The van der Waals surface area contributed by atoms with Crippen LogP contribution in [0.5, 0.6) is 0 Å². The molecule has 0 aliphatic heterocycles. The number of rotatable bonds is 2. The van der Waals surface area contributed by atoms with Crippen LogP contribution in [0, 0.1) is 49.0 Å². The molecule has 0 saturated heterocycles. The van der Waals surface area contributed by atoms with Gasteiger partial charge < -0.3 is 7.43 Å². The predicted octanol–water partition coefficient (Wildman–Crippen LogP) is 9.08. The van der Waals surface area contributed by atoms with E-state index >= 15 is 0 Å². The summed E-state index contributed by atoms with van der Waals surface area (Å²) in [5.41, 5.74) is 13.7. The molecule has 1 aliphatic rings. The third-order valence-electron chi connectivity index (χ3n) is 6.36. The first-order valence-corrected chi connectivity index (χ1v) is 13.3. The molecule has 0 fully saturated rings. The van der Waals surface area contributed by atoms with Crippen molar-refractivity contribution in [3.63, 3.8) is 0 Å². The third-order valence-corrected chi connectivity index (χ3v) is 6.36. The fourth-order valence-corrected chi connectivity index (χ4v) is 5.14. The second-order valence-electron chi connectivity index (χ2n) is 9.12. The molecule has 4 aromatic carbocycles. The summed E-state index contributed by atoms with van der Waals surface area (Å²) in [6.45, 7) is 12.9. The number of nitrogens with zero attached hydrogens (tertiary/aromatic N) is 2. The first-order valence-electron chi connectivity index (χ1n) is 11.3. The van der Waals surface area contributed by atoms with Crippen molar-refractivity contribution in [2.75, 3.05) is 0 Å². The van der Waals surface area contributed by atoms with E-state index in [4.69, 9.17) is 9.98 Å². The van der Waals surface area contributed by atoms with Crippen LogP contribution in [-0.2, 0) is 18.2 Å². The van der Waals surface area contributed by atoms with Crippen LogP contribution in [0.4, 0.5) is 11.4 Å². The van der Waals surface area contributed by atoms with Gasteiger partial charge in [0.05, 0.1) is 22.8 Å². The molecule has 0 atom stereocenters. The molecular formula is C31H31ClN2Pd. The molecule has 0 spiro atoms. The molecule has 4 aromatic rings. The van der Waals surface area contributed by atoms with Crippen molar-refractivity contribution in [2.45, 2.75) is 41.5 Å². The van der Waals surface area contributed by atoms with Gasteiger partial charge in [-0.25, -0.2) is 9.98 Å². The second-order valence-corrected chi connectivity index (χ2v) is 9.12. The third kappa shape index (κ3) is 5.05. The monoisotopic (exact) mass is 572 g/mol. The van der Waals surface area contributed by atoms with Gasteiger partial charge in [-0.1, -0.05) is 71.8 Å². The van der Waals surface area contributed by atoms with Gasteiger partial charge in [0.15, 0.2) is 0 Å². The molecule has 0 amide bonds. The van der Waals surface area contributed by atoms with E-state index < -0.39 is 0 Å². The van der Waals surface area contributed by atoms with E-state index in [2.05, 4.69) is 130 Å². The molecule has 35 heavy (non-hydrogen) atoms. The number of aryl methyl sites for hydroxylation is 6.